The molecular formula is C17H20O4. The van der Waals surface area contributed by atoms with Crippen LogP contribution in [0.2, 0.25) is 0 Å². The first kappa shape index (κ1) is 15.5. The Morgan fingerprint density at radius 3 is 2.33 bits per heavy atom. The van der Waals surface area contributed by atoms with Crippen LogP contribution in [0.25, 0.3) is 5.76 Å². The Kier molecular flexibility index (Phi) is 3.78. The SMILES string of the molecule is C=CC(C)(C)C1=C(O)c2ccccc2C(OC)(OC)C1=O. The molecule has 4 heteroatoms. The van der Waals surface area contributed by atoms with Crippen LogP contribution in [-0.4, -0.2) is 25.1 Å². The van der Waals surface area contributed by atoms with Gasteiger partial charge in [-0.2, -0.15) is 0 Å². The van der Waals surface area contributed by atoms with E-state index < -0.39 is 17.0 Å². The predicted molar refractivity (Wildman–Crippen MR) is 80.7 cm³/mol. The molecular weight excluding hydrogens is 268 g/mol. The zero-order chi connectivity index (χ0) is 15.8. The summed E-state index contributed by atoms with van der Waals surface area (Å²) in [5, 5.41) is 10.6. The van der Waals surface area contributed by atoms with Gasteiger partial charge in [0.05, 0.1) is 5.57 Å². The lowest BCUT2D eigenvalue weighted by Crippen LogP contribution is -2.46. The molecule has 4 nitrogen and oxygen atoms in total. The van der Waals surface area contributed by atoms with Crippen molar-refractivity contribution in [2.75, 3.05) is 14.2 Å². The lowest BCUT2D eigenvalue weighted by atomic mass is 9.73. The fraction of sp³-hybridized carbons (Fsp3) is 0.353. The Labute approximate surface area is 124 Å². The topological polar surface area (TPSA) is 55.8 Å². The monoisotopic (exact) mass is 288 g/mol. The second-order valence-electron chi connectivity index (χ2n) is 5.55. The summed E-state index contributed by atoms with van der Waals surface area (Å²) < 4.78 is 10.9. The van der Waals surface area contributed by atoms with Gasteiger partial charge < -0.3 is 14.6 Å². The van der Waals surface area contributed by atoms with Crippen molar-refractivity contribution in [3.05, 3.63) is 53.6 Å². The average molecular weight is 288 g/mol. The second kappa shape index (κ2) is 5.13. The van der Waals surface area contributed by atoms with E-state index in [1.165, 1.54) is 14.2 Å². The van der Waals surface area contributed by atoms with Crippen molar-refractivity contribution in [3.8, 4) is 0 Å². The number of allylic oxidation sites excluding steroid dienone is 1. The standard InChI is InChI=1S/C17H20O4/c1-6-16(2,3)13-14(18)11-9-7-8-10-12(11)17(20-4,21-5)15(13)19/h6-10,18H,1H2,2-5H3. The number of rotatable bonds is 4. The van der Waals surface area contributed by atoms with E-state index in [1.54, 1.807) is 30.3 Å². The number of aliphatic hydroxyl groups excluding tert-OH is 1. The van der Waals surface area contributed by atoms with Crippen molar-refractivity contribution in [2.45, 2.75) is 19.6 Å². The molecule has 0 spiro atoms. The molecule has 0 heterocycles. The number of carbonyl (C=O) groups is 1. The normalized spacial score (nSPS) is 17.6. The first-order valence-corrected chi connectivity index (χ1v) is 6.68. The van der Waals surface area contributed by atoms with Crippen LogP contribution in [0.5, 0.6) is 0 Å². The summed E-state index contributed by atoms with van der Waals surface area (Å²) in [5.41, 5.74) is 0.559. The molecule has 1 aromatic carbocycles. The molecule has 0 atom stereocenters. The molecule has 0 unspecified atom stereocenters. The Bertz CT molecular complexity index is 621. The smallest absolute Gasteiger partial charge is 0.261 e. The molecule has 0 saturated carbocycles. The Morgan fingerprint density at radius 2 is 1.81 bits per heavy atom. The summed E-state index contributed by atoms with van der Waals surface area (Å²) >= 11 is 0. The largest absolute Gasteiger partial charge is 0.507 e. The van der Waals surface area contributed by atoms with Gasteiger partial charge in [0.25, 0.3) is 5.79 Å². The molecule has 0 amide bonds. The number of carbonyl (C=O) groups excluding carboxylic acids is 1. The van der Waals surface area contributed by atoms with Crippen LogP contribution < -0.4 is 0 Å². The maximum Gasteiger partial charge on any atom is 0.261 e. The first-order chi connectivity index (χ1) is 9.85. The summed E-state index contributed by atoms with van der Waals surface area (Å²) in [4.78, 5) is 13.0. The molecule has 0 fully saturated rings. The van der Waals surface area contributed by atoms with Gasteiger partial charge in [0.15, 0.2) is 0 Å². The number of ketones is 1. The van der Waals surface area contributed by atoms with Gasteiger partial charge >= 0.3 is 0 Å². The molecule has 0 aromatic heterocycles. The second-order valence-corrected chi connectivity index (χ2v) is 5.55. The van der Waals surface area contributed by atoms with Crippen LogP contribution in [0.4, 0.5) is 0 Å². The van der Waals surface area contributed by atoms with Gasteiger partial charge in [-0.1, -0.05) is 44.2 Å². The lowest BCUT2D eigenvalue weighted by molar-refractivity contribution is -0.211. The molecule has 2 rings (SSSR count). The van der Waals surface area contributed by atoms with E-state index in [2.05, 4.69) is 6.58 Å². The van der Waals surface area contributed by atoms with Gasteiger partial charge in [0.1, 0.15) is 5.76 Å². The van der Waals surface area contributed by atoms with Crippen LogP contribution in [0.3, 0.4) is 0 Å². The highest BCUT2D eigenvalue weighted by atomic mass is 16.7. The molecule has 0 saturated heterocycles. The maximum atomic E-state index is 13.0. The number of fused-ring (bicyclic) bond motifs is 1. The van der Waals surface area contributed by atoms with E-state index in [4.69, 9.17) is 9.47 Å². The minimum atomic E-state index is -1.54. The van der Waals surface area contributed by atoms with Gasteiger partial charge in [0.2, 0.25) is 5.78 Å². The quantitative estimate of drug-likeness (QED) is 0.683. The van der Waals surface area contributed by atoms with E-state index in [9.17, 15) is 9.90 Å². The van der Waals surface area contributed by atoms with E-state index in [-0.39, 0.29) is 11.3 Å². The van der Waals surface area contributed by atoms with Crippen molar-refractivity contribution in [1.29, 1.82) is 0 Å². The van der Waals surface area contributed by atoms with Gasteiger partial charge in [-0.25, -0.2) is 0 Å². The number of methoxy groups -OCH3 is 2. The Balaban J connectivity index is 2.86. The lowest BCUT2D eigenvalue weighted by Gasteiger charge is -2.39. The van der Waals surface area contributed by atoms with E-state index in [0.29, 0.717) is 11.1 Å². The maximum absolute atomic E-state index is 13.0. The molecule has 1 N–H and O–H groups in total. The number of aliphatic hydroxyl groups is 1. The summed E-state index contributed by atoms with van der Waals surface area (Å²) in [6.45, 7) is 7.38. The van der Waals surface area contributed by atoms with E-state index in [0.717, 1.165) is 0 Å². The molecule has 1 aliphatic rings. The highest BCUT2D eigenvalue weighted by molar-refractivity contribution is 6.10. The fourth-order valence-corrected chi connectivity index (χ4v) is 2.69. The number of ether oxygens (including phenoxy) is 2. The van der Waals surface area contributed by atoms with Gasteiger partial charge in [0, 0.05) is 30.8 Å². The number of benzene rings is 1. The van der Waals surface area contributed by atoms with E-state index >= 15 is 0 Å². The van der Waals surface area contributed by atoms with Gasteiger partial charge in [-0.05, 0) is 0 Å². The van der Waals surface area contributed by atoms with Crippen LogP contribution in [0.15, 0.2) is 42.5 Å². The number of Topliss-reactive ketones (excluding diaryl/α,β-unsaturated/α-hetero) is 1. The minimum Gasteiger partial charge on any atom is -0.507 e. The molecule has 112 valence electrons. The highest BCUT2D eigenvalue weighted by Crippen LogP contribution is 2.46. The van der Waals surface area contributed by atoms with Crippen molar-refractivity contribution < 1.29 is 19.4 Å². The third kappa shape index (κ3) is 2.03. The third-order valence-electron chi connectivity index (χ3n) is 4.03. The first-order valence-electron chi connectivity index (χ1n) is 6.68. The summed E-state index contributed by atoms with van der Waals surface area (Å²) in [5.74, 6) is -2.00. The van der Waals surface area contributed by atoms with Crippen molar-refractivity contribution in [1.82, 2.24) is 0 Å². The minimum absolute atomic E-state index is 0.0507. The molecule has 0 aliphatic heterocycles. The Hall–Kier alpha value is -1.91. The van der Waals surface area contributed by atoms with Gasteiger partial charge in [-0.3, -0.25) is 4.79 Å². The fourth-order valence-electron chi connectivity index (χ4n) is 2.69. The van der Waals surface area contributed by atoms with Crippen molar-refractivity contribution in [2.24, 2.45) is 5.41 Å². The Morgan fingerprint density at radius 1 is 1.24 bits per heavy atom. The van der Waals surface area contributed by atoms with Crippen LogP contribution in [-0.2, 0) is 20.1 Å². The van der Waals surface area contributed by atoms with Gasteiger partial charge in [-0.15, -0.1) is 6.58 Å². The van der Waals surface area contributed by atoms with Crippen LogP contribution in [0.1, 0.15) is 25.0 Å². The number of hydrogen-bond donors (Lipinski definition) is 1. The van der Waals surface area contributed by atoms with E-state index in [1.807, 2.05) is 13.8 Å². The predicted octanol–water partition coefficient (Wildman–Crippen LogP) is 3.20. The van der Waals surface area contributed by atoms with Crippen molar-refractivity contribution in [3.63, 3.8) is 0 Å². The third-order valence-corrected chi connectivity index (χ3v) is 4.03. The summed E-state index contributed by atoms with van der Waals surface area (Å²) in [6, 6.07) is 7.02. The molecule has 0 bridgehead atoms. The average Bonchev–Trinajstić information content (AvgIpc) is 2.49. The van der Waals surface area contributed by atoms with Crippen molar-refractivity contribution >= 4 is 11.5 Å². The zero-order valence-electron chi connectivity index (χ0n) is 12.8. The molecule has 1 aromatic rings. The zero-order valence-corrected chi connectivity index (χ0v) is 12.8. The van der Waals surface area contributed by atoms with Crippen LogP contribution in [0, 0.1) is 5.41 Å². The number of hydrogen-bond acceptors (Lipinski definition) is 4. The molecule has 0 radical (unpaired) electrons. The molecule has 21 heavy (non-hydrogen) atoms. The summed E-state index contributed by atoms with van der Waals surface area (Å²) in [7, 11) is 2.83. The van der Waals surface area contributed by atoms with Crippen LogP contribution >= 0.6 is 0 Å². The highest BCUT2D eigenvalue weighted by Gasteiger charge is 2.51. The molecule has 1 aliphatic carbocycles. The summed E-state index contributed by atoms with van der Waals surface area (Å²) in [6.07, 6.45) is 1.63.